The van der Waals surface area contributed by atoms with Crippen molar-refractivity contribution in [3.8, 4) is 11.5 Å². The van der Waals surface area contributed by atoms with Gasteiger partial charge in [0.15, 0.2) is 11.5 Å². The van der Waals surface area contributed by atoms with E-state index >= 15 is 0 Å². The Hall–Kier alpha value is -2.56. The summed E-state index contributed by atoms with van der Waals surface area (Å²) >= 11 is 0. The van der Waals surface area contributed by atoms with E-state index in [0.717, 1.165) is 24.5 Å². The maximum absolute atomic E-state index is 12.5. The Labute approximate surface area is 155 Å². The molecule has 1 aliphatic rings. The van der Waals surface area contributed by atoms with E-state index in [2.05, 4.69) is 17.1 Å². The highest BCUT2D eigenvalue weighted by molar-refractivity contribution is 5.93. The lowest BCUT2D eigenvalue weighted by molar-refractivity contribution is 0.0789. The molecule has 1 amide bonds. The number of nitrogens with zero attached hydrogens (tertiary/aromatic N) is 2. The highest BCUT2D eigenvalue weighted by Gasteiger charge is 2.33. The first-order valence-corrected chi connectivity index (χ1v) is 9.01. The number of aromatic nitrogens is 1. The van der Waals surface area contributed by atoms with Crippen molar-refractivity contribution in [1.29, 1.82) is 0 Å². The molecular weight excluding hydrogens is 328 g/mol. The maximum atomic E-state index is 12.5. The van der Waals surface area contributed by atoms with E-state index in [-0.39, 0.29) is 5.91 Å². The van der Waals surface area contributed by atoms with Crippen LogP contribution in [0.1, 0.15) is 41.1 Å². The molecule has 26 heavy (non-hydrogen) atoms. The summed E-state index contributed by atoms with van der Waals surface area (Å²) in [6.45, 7) is 0.719. The number of methoxy groups -OCH3 is 2. The molecule has 1 aromatic carbocycles. The summed E-state index contributed by atoms with van der Waals surface area (Å²) < 4.78 is 10.8. The summed E-state index contributed by atoms with van der Waals surface area (Å²) in [6, 6.07) is 9.67. The molecule has 1 atom stereocenters. The van der Waals surface area contributed by atoms with Crippen LogP contribution in [0.2, 0.25) is 0 Å². The van der Waals surface area contributed by atoms with Gasteiger partial charge in [-0.2, -0.15) is 0 Å². The number of pyridine rings is 1. The number of carbonyl (C=O) groups excluding carboxylic acids is 1. The van der Waals surface area contributed by atoms with Gasteiger partial charge in [0.05, 0.1) is 14.2 Å². The Balaban J connectivity index is 1.69. The fourth-order valence-electron chi connectivity index (χ4n) is 3.41. The van der Waals surface area contributed by atoms with E-state index < -0.39 is 0 Å². The molecule has 0 saturated heterocycles. The van der Waals surface area contributed by atoms with Crippen molar-refractivity contribution in [3.63, 3.8) is 0 Å². The lowest BCUT2D eigenvalue weighted by atomic mass is 9.90. The zero-order valence-corrected chi connectivity index (χ0v) is 15.6. The van der Waals surface area contributed by atoms with Crippen molar-refractivity contribution >= 4 is 5.91 Å². The smallest absolute Gasteiger partial charge is 0.253 e. The van der Waals surface area contributed by atoms with Crippen LogP contribution in [-0.4, -0.2) is 43.6 Å². The summed E-state index contributed by atoms with van der Waals surface area (Å²) in [4.78, 5) is 18.3. The molecule has 1 aromatic heterocycles. The molecule has 1 unspecified atom stereocenters. The van der Waals surface area contributed by atoms with Gasteiger partial charge in [-0.05, 0) is 60.9 Å². The second kappa shape index (κ2) is 8.21. The number of ether oxygens (including phenoxy) is 2. The summed E-state index contributed by atoms with van der Waals surface area (Å²) in [7, 11) is 5.17. The Morgan fingerprint density at radius 3 is 2.46 bits per heavy atom. The maximum Gasteiger partial charge on any atom is 0.253 e. The lowest BCUT2D eigenvalue weighted by Gasteiger charge is -2.23. The molecule has 1 aliphatic carbocycles. The minimum atomic E-state index is 0.0364. The van der Waals surface area contributed by atoms with Gasteiger partial charge in [0, 0.05) is 31.5 Å². The summed E-state index contributed by atoms with van der Waals surface area (Å²) in [5.41, 5.74) is 1.94. The number of carbonyl (C=O) groups is 1. The average molecular weight is 354 g/mol. The van der Waals surface area contributed by atoms with Crippen molar-refractivity contribution < 1.29 is 14.3 Å². The van der Waals surface area contributed by atoms with Crippen molar-refractivity contribution in [1.82, 2.24) is 9.88 Å². The largest absolute Gasteiger partial charge is 0.493 e. The molecule has 0 aliphatic heterocycles. The van der Waals surface area contributed by atoms with Crippen LogP contribution in [0, 0.1) is 5.92 Å². The van der Waals surface area contributed by atoms with Crippen molar-refractivity contribution in [2.24, 2.45) is 5.92 Å². The summed E-state index contributed by atoms with van der Waals surface area (Å²) in [6.07, 6.45) is 6.74. The van der Waals surface area contributed by atoms with Gasteiger partial charge < -0.3 is 14.4 Å². The number of hydrogen-bond donors (Lipinski definition) is 0. The van der Waals surface area contributed by atoms with Gasteiger partial charge in [-0.3, -0.25) is 9.78 Å². The third-order valence-electron chi connectivity index (χ3n) is 5.08. The molecule has 0 bridgehead atoms. The SMILES string of the molecule is COc1ccc(C(CCN(C)C(=O)c2ccncc2)C2CC2)cc1OC. The van der Waals surface area contributed by atoms with Gasteiger partial charge >= 0.3 is 0 Å². The van der Waals surface area contributed by atoms with E-state index in [1.165, 1.54) is 18.4 Å². The van der Waals surface area contributed by atoms with Crippen LogP contribution >= 0.6 is 0 Å². The van der Waals surface area contributed by atoms with Gasteiger partial charge in [0.1, 0.15) is 0 Å². The van der Waals surface area contributed by atoms with E-state index in [9.17, 15) is 4.79 Å². The number of hydrogen-bond acceptors (Lipinski definition) is 4. The average Bonchev–Trinajstić information content (AvgIpc) is 3.53. The number of rotatable bonds is 8. The topological polar surface area (TPSA) is 51.7 Å². The van der Waals surface area contributed by atoms with Crippen molar-refractivity contribution in [2.75, 3.05) is 27.8 Å². The zero-order chi connectivity index (χ0) is 18.5. The fourth-order valence-corrected chi connectivity index (χ4v) is 3.41. The Kier molecular flexibility index (Phi) is 5.76. The second-order valence-electron chi connectivity index (χ2n) is 6.81. The van der Waals surface area contributed by atoms with E-state index in [0.29, 0.717) is 17.4 Å². The van der Waals surface area contributed by atoms with E-state index in [4.69, 9.17) is 9.47 Å². The van der Waals surface area contributed by atoms with Gasteiger partial charge in [-0.1, -0.05) is 6.07 Å². The van der Waals surface area contributed by atoms with Crippen LogP contribution in [0.15, 0.2) is 42.7 Å². The normalized spacial score (nSPS) is 14.6. The number of amides is 1. The minimum absolute atomic E-state index is 0.0364. The Bertz CT molecular complexity index is 744. The second-order valence-corrected chi connectivity index (χ2v) is 6.81. The van der Waals surface area contributed by atoms with Crippen LogP contribution in [-0.2, 0) is 0 Å². The first kappa shape index (κ1) is 18.2. The predicted molar refractivity (Wildman–Crippen MR) is 101 cm³/mol. The molecule has 1 fully saturated rings. The van der Waals surface area contributed by atoms with Crippen molar-refractivity contribution in [3.05, 3.63) is 53.9 Å². The Morgan fingerprint density at radius 2 is 1.85 bits per heavy atom. The van der Waals surface area contributed by atoms with Crippen molar-refractivity contribution in [2.45, 2.75) is 25.2 Å². The van der Waals surface area contributed by atoms with Gasteiger partial charge in [-0.15, -0.1) is 0 Å². The monoisotopic (exact) mass is 354 g/mol. The minimum Gasteiger partial charge on any atom is -0.493 e. The quantitative estimate of drug-likeness (QED) is 0.724. The van der Waals surface area contributed by atoms with Crippen LogP contribution in [0.3, 0.4) is 0 Å². The van der Waals surface area contributed by atoms with E-state index in [1.807, 2.05) is 13.1 Å². The standard InChI is InChI=1S/C21H26N2O3/c1-23(21(24)16-8-11-22-12-9-16)13-10-18(15-4-5-15)17-6-7-19(25-2)20(14-17)26-3/h6-9,11-12,14-15,18H,4-5,10,13H2,1-3H3. The molecule has 0 radical (unpaired) electrons. The molecule has 0 N–H and O–H groups in total. The van der Waals surface area contributed by atoms with E-state index in [1.54, 1.807) is 43.6 Å². The van der Waals surface area contributed by atoms with Crippen LogP contribution in [0.4, 0.5) is 0 Å². The summed E-state index contributed by atoms with van der Waals surface area (Å²) in [5.74, 6) is 2.67. The third-order valence-corrected chi connectivity index (χ3v) is 5.08. The molecule has 0 spiro atoms. The number of benzene rings is 1. The van der Waals surface area contributed by atoms with Crippen LogP contribution in [0.5, 0.6) is 11.5 Å². The van der Waals surface area contributed by atoms with Crippen LogP contribution in [0.25, 0.3) is 0 Å². The molecule has 2 aromatic rings. The fraction of sp³-hybridized carbons (Fsp3) is 0.429. The molecule has 5 heteroatoms. The van der Waals surface area contributed by atoms with Gasteiger partial charge in [0.25, 0.3) is 5.91 Å². The first-order valence-electron chi connectivity index (χ1n) is 9.01. The molecule has 3 rings (SSSR count). The molecular formula is C21H26N2O3. The molecule has 1 saturated carbocycles. The summed E-state index contributed by atoms with van der Waals surface area (Å²) in [5, 5.41) is 0. The lowest BCUT2D eigenvalue weighted by Crippen LogP contribution is -2.29. The molecule has 1 heterocycles. The highest BCUT2D eigenvalue weighted by atomic mass is 16.5. The Morgan fingerprint density at radius 1 is 1.15 bits per heavy atom. The highest BCUT2D eigenvalue weighted by Crippen LogP contribution is 2.46. The molecule has 138 valence electrons. The molecule has 5 nitrogen and oxygen atoms in total. The third kappa shape index (κ3) is 4.15. The predicted octanol–water partition coefficient (Wildman–Crippen LogP) is 3.75. The van der Waals surface area contributed by atoms with Gasteiger partial charge in [0.2, 0.25) is 0 Å². The first-order chi connectivity index (χ1) is 12.6. The van der Waals surface area contributed by atoms with Crippen LogP contribution < -0.4 is 9.47 Å². The zero-order valence-electron chi connectivity index (χ0n) is 15.6. The van der Waals surface area contributed by atoms with Gasteiger partial charge in [-0.25, -0.2) is 0 Å².